The summed E-state index contributed by atoms with van der Waals surface area (Å²) < 4.78 is 11.4. The lowest BCUT2D eigenvalue weighted by atomic mass is 10.2. The van der Waals surface area contributed by atoms with Gasteiger partial charge in [0.2, 0.25) is 0 Å². The van der Waals surface area contributed by atoms with E-state index in [1.807, 2.05) is 6.08 Å². The van der Waals surface area contributed by atoms with Crippen LogP contribution in [0.2, 0.25) is 0 Å². The van der Waals surface area contributed by atoms with E-state index in [1.165, 1.54) is 12.8 Å². The fourth-order valence-corrected chi connectivity index (χ4v) is 2.27. The molecule has 0 amide bonds. The highest BCUT2D eigenvalue weighted by atomic mass is 32.2. The van der Waals surface area contributed by atoms with Crippen LogP contribution in [0.4, 0.5) is 0 Å². The van der Waals surface area contributed by atoms with Gasteiger partial charge in [-0.2, -0.15) is 0 Å². The van der Waals surface area contributed by atoms with Crippen molar-refractivity contribution in [3.8, 4) is 0 Å². The van der Waals surface area contributed by atoms with Gasteiger partial charge in [0, 0.05) is 22.6 Å². The molecule has 0 aromatic carbocycles. The zero-order valence-electron chi connectivity index (χ0n) is 9.37. The van der Waals surface area contributed by atoms with Crippen LogP contribution in [-0.4, -0.2) is 16.0 Å². The molecule has 0 fully saturated rings. The molecule has 0 heterocycles. The molecule has 0 rings (SSSR count). The molecule has 2 atom stereocenters. The van der Waals surface area contributed by atoms with E-state index >= 15 is 0 Å². The lowest BCUT2D eigenvalue weighted by molar-refractivity contribution is 0.641. The van der Waals surface area contributed by atoms with Crippen LogP contribution in [-0.2, 0) is 10.8 Å². The van der Waals surface area contributed by atoms with Crippen LogP contribution in [0.15, 0.2) is 11.5 Å². The number of unbranched alkanes of at least 4 members (excludes halogenated alkanes) is 2. The van der Waals surface area contributed by atoms with Crippen LogP contribution >= 0.6 is 0 Å². The molecule has 2 N–H and O–H groups in total. The van der Waals surface area contributed by atoms with Crippen molar-refractivity contribution < 1.29 is 4.21 Å². The highest BCUT2D eigenvalue weighted by molar-refractivity contribution is 7.88. The zero-order chi connectivity index (χ0) is 10.8. The first-order valence-electron chi connectivity index (χ1n) is 5.50. The second-order valence-corrected chi connectivity index (χ2v) is 4.98. The maximum atomic E-state index is 11.4. The van der Waals surface area contributed by atoms with Crippen molar-refractivity contribution in [2.24, 2.45) is 5.73 Å². The Bertz CT molecular complexity index is 180. The second-order valence-electron chi connectivity index (χ2n) is 3.61. The van der Waals surface area contributed by atoms with Gasteiger partial charge < -0.3 is 5.73 Å². The summed E-state index contributed by atoms with van der Waals surface area (Å²) in [5.74, 6) is 0.608. The Morgan fingerprint density at radius 3 is 2.64 bits per heavy atom. The zero-order valence-corrected chi connectivity index (χ0v) is 10.2. The third-order valence-electron chi connectivity index (χ3n) is 2.01. The lowest BCUT2D eigenvalue weighted by Crippen LogP contribution is -2.25. The van der Waals surface area contributed by atoms with Gasteiger partial charge in [-0.1, -0.05) is 39.2 Å². The third kappa shape index (κ3) is 8.45. The third-order valence-corrected chi connectivity index (χ3v) is 3.26. The summed E-state index contributed by atoms with van der Waals surface area (Å²) >= 11 is 0. The normalized spacial score (nSPS) is 15.9. The summed E-state index contributed by atoms with van der Waals surface area (Å²) in [5, 5.41) is 1.80. The molecule has 0 radical (unpaired) electrons. The Balaban J connectivity index is 3.58. The number of nitrogens with two attached hydrogens (primary N) is 1. The second kappa shape index (κ2) is 9.41. The predicted molar refractivity (Wildman–Crippen MR) is 64.6 cm³/mol. The molecule has 0 spiro atoms. The molecular formula is C11H23NOS. The molecule has 0 aliphatic rings. The average molecular weight is 217 g/mol. The number of hydrogen-bond acceptors (Lipinski definition) is 2. The van der Waals surface area contributed by atoms with Gasteiger partial charge in [0.05, 0.1) is 0 Å². The molecule has 0 aromatic heterocycles. The molecule has 84 valence electrons. The summed E-state index contributed by atoms with van der Waals surface area (Å²) in [4.78, 5) is 0. The van der Waals surface area contributed by atoms with Gasteiger partial charge in [-0.05, 0) is 18.2 Å². The average Bonchev–Trinajstić information content (AvgIpc) is 2.13. The summed E-state index contributed by atoms with van der Waals surface area (Å²) in [6.45, 7) is 4.25. The Labute approximate surface area is 90.4 Å². The summed E-state index contributed by atoms with van der Waals surface area (Å²) in [6.07, 6.45) is 7.44. The lowest BCUT2D eigenvalue weighted by Gasteiger charge is -2.06. The largest absolute Gasteiger partial charge is 0.327 e. The first-order valence-corrected chi connectivity index (χ1v) is 6.88. The maximum Gasteiger partial charge on any atom is 0.0468 e. The summed E-state index contributed by atoms with van der Waals surface area (Å²) in [6, 6.07) is 0.0941. The SMILES string of the molecule is CCCC/C=C/[S@@](=O)C[C@H](N)CCC. The van der Waals surface area contributed by atoms with E-state index in [0.29, 0.717) is 5.75 Å². The molecule has 14 heavy (non-hydrogen) atoms. The smallest absolute Gasteiger partial charge is 0.0468 e. The van der Waals surface area contributed by atoms with Crippen LogP contribution in [0.25, 0.3) is 0 Å². The molecule has 0 aliphatic carbocycles. The van der Waals surface area contributed by atoms with E-state index in [2.05, 4.69) is 13.8 Å². The van der Waals surface area contributed by atoms with Crippen LogP contribution < -0.4 is 5.73 Å². The van der Waals surface area contributed by atoms with Crippen LogP contribution in [0.3, 0.4) is 0 Å². The fourth-order valence-electron chi connectivity index (χ4n) is 1.22. The van der Waals surface area contributed by atoms with Crippen LogP contribution in [0.1, 0.15) is 46.0 Å². The van der Waals surface area contributed by atoms with Gasteiger partial charge in [0.15, 0.2) is 0 Å². The Morgan fingerprint density at radius 1 is 1.36 bits per heavy atom. The molecule has 0 aromatic rings. The Kier molecular flexibility index (Phi) is 9.31. The molecular weight excluding hydrogens is 194 g/mol. The van der Waals surface area contributed by atoms with Crippen molar-refractivity contribution >= 4 is 10.8 Å². The summed E-state index contributed by atoms with van der Waals surface area (Å²) in [7, 11) is -0.861. The van der Waals surface area contributed by atoms with Gasteiger partial charge in [-0.15, -0.1) is 0 Å². The number of allylic oxidation sites excluding steroid dienone is 1. The monoisotopic (exact) mass is 217 g/mol. The first-order chi connectivity index (χ1) is 6.70. The molecule has 3 heteroatoms. The van der Waals surface area contributed by atoms with E-state index in [0.717, 1.165) is 19.3 Å². The summed E-state index contributed by atoms with van der Waals surface area (Å²) in [5.41, 5.74) is 5.79. The van der Waals surface area contributed by atoms with E-state index in [4.69, 9.17) is 5.73 Å². The van der Waals surface area contributed by atoms with Gasteiger partial charge in [-0.25, -0.2) is 0 Å². The van der Waals surface area contributed by atoms with Gasteiger partial charge in [0.1, 0.15) is 0 Å². The highest BCUT2D eigenvalue weighted by Gasteiger charge is 2.03. The van der Waals surface area contributed by atoms with Gasteiger partial charge in [-0.3, -0.25) is 4.21 Å². The van der Waals surface area contributed by atoms with E-state index < -0.39 is 10.8 Å². The minimum Gasteiger partial charge on any atom is -0.327 e. The molecule has 0 saturated heterocycles. The van der Waals surface area contributed by atoms with Crippen LogP contribution in [0, 0.1) is 0 Å². The van der Waals surface area contributed by atoms with Crippen molar-refractivity contribution in [2.75, 3.05) is 5.75 Å². The molecule has 0 saturated carbocycles. The van der Waals surface area contributed by atoms with Crippen molar-refractivity contribution in [3.05, 3.63) is 11.5 Å². The maximum absolute atomic E-state index is 11.4. The van der Waals surface area contributed by atoms with Crippen molar-refractivity contribution in [1.29, 1.82) is 0 Å². The van der Waals surface area contributed by atoms with Gasteiger partial charge >= 0.3 is 0 Å². The van der Waals surface area contributed by atoms with Crippen molar-refractivity contribution in [1.82, 2.24) is 0 Å². The number of hydrogen-bond donors (Lipinski definition) is 1. The molecule has 0 bridgehead atoms. The highest BCUT2D eigenvalue weighted by Crippen LogP contribution is 2.00. The van der Waals surface area contributed by atoms with E-state index in [-0.39, 0.29) is 6.04 Å². The minimum absolute atomic E-state index is 0.0941. The fraction of sp³-hybridized carbons (Fsp3) is 0.818. The quantitative estimate of drug-likeness (QED) is 0.635. The molecule has 2 nitrogen and oxygen atoms in total. The standard InChI is InChI=1S/C11H23NOS/c1-3-5-6-7-9-14(13)10-11(12)8-4-2/h7,9,11H,3-6,8,10,12H2,1-2H3/b9-7+/t11-,14-/m1/s1. The Morgan fingerprint density at radius 2 is 2.07 bits per heavy atom. The molecule has 0 unspecified atom stereocenters. The first kappa shape index (κ1) is 13.8. The van der Waals surface area contributed by atoms with E-state index in [9.17, 15) is 4.21 Å². The molecule has 0 aliphatic heterocycles. The van der Waals surface area contributed by atoms with Gasteiger partial charge in [0.25, 0.3) is 0 Å². The number of rotatable bonds is 8. The minimum atomic E-state index is -0.861. The van der Waals surface area contributed by atoms with Crippen molar-refractivity contribution in [3.63, 3.8) is 0 Å². The van der Waals surface area contributed by atoms with E-state index in [1.54, 1.807) is 5.41 Å². The topological polar surface area (TPSA) is 43.1 Å². The predicted octanol–water partition coefficient (Wildman–Crippen LogP) is 2.57. The van der Waals surface area contributed by atoms with Crippen molar-refractivity contribution in [2.45, 2.75) is 52.0 Å². The Hall–Kier alpha value is -0.150. The van der Waals surface area contributed by atoms with Crippen LogP contribution in [0.5, 0.6) is 0 Å².